The summed E-state index contributed by atoms with van der Waals surface area (Å²) in [6, 6.07) is 0.0370. The van der Waals surface area contributed by atoms with Crippen LogP contribution in [0.2, 0.25) is 0 Å². The Kier molecular flexibility index (Phi) is 4.87. The minimum absolute atomic E-state index is 0.0370. The Balaban J connectivity index is 4.20. The van der Waals surface area contributed by atoms with E-state index in [1.54, 1.807) is 0 Å². The van der Waals surface area contributed by atoms with Crippen LogP contribution in [0.3, 0.4) is 0 Å². The molecule has 0 aliphatic carbocycles. The van der Waals surface area contributed by atoms with Crippen molar-refractivity contribution in [2.24, 2.45) is 11.5 Å². The first-order valence-electron chi connectivity index (χ1n) is 4.48. The van der Waals surface area contributed by atoms with Gasteiger partial charge in [-0.3, -0.25) is 15.7 Å². The van der Waals surface area contributed by atoms with Crippen molar-refractivity contribution in [1.29, 1.82) is 10.8 Å². The Bertz CT molecular complexity index is 175. The monoisotopic (exact) mass is 185 g/mol. The van der Waals surface area contributed by atoms with Crippen molar-refractivity contribution in [2.75, 3.05) is 0 Å². The highest BCUT2D eigenvalue weighted by atomic mass is 15.3. The third-order valence-corrected chi connectivity index (χ3v) is 1.94. The molecule has 0 aromatic heterocycles. The number of nitrogens with one attached hydrogen (secondary N) is 2. The Morgan fingerprint density at radius 1 is 1.31 bits per heavy atom. The molecular formula is C8H19N5. The van der Waals surface area contributed by atoms with Crippen LogP contribution in [0, 0.1) is 10.8 Å². The number of nitrogens with zero attached hydrogens (tertiary/aromatic N) is 1. The van der Waals surface area contributed by atoms with Gasteiger partial charge in [0.15, 0.2) is 11.9 Å². The highest BCUT2D eigenvalue weighted by Crippen LogP contribution is 2.06. The second-order valence-corrected chi connectivity index (χ2v) is 3.13. The summed E-state index contributed by atoms with van der Waals surface area (Å²) in [7, 11) is 0. The van der Waals surface area contributed by atoms with Crippen LogP contribution in [0.5, 0.6) is 0 Å². The Morgan fingerprint density at radius 3 is 2.08 bits per heavy atom. The molecule has 5 heteroatoms. The van der Waals surface area contributed by atoms with Crippen LogP contribution < -0.4 is 11.5 Å². The molecule has 13 heavy (non-hydrogen) atoms. The summed E-state index contributed by atoms with van der Waals surface area (Å²) >= 11 is 0. The summed E-state index contributed by atoms with van der Waals surface area (Å²) in [4.78, 5) is 1.33. The molecule has 5 nitrogen and oxygen atoms in total. The van der Waals surface area contributed by atoms with Crippen LogP contribution in [0.25, 0.3) is 0 Å². The number of guanidine groups is 2. The van der Waals surface area contributed by atoms with Crippen LogP contribution >= 0.6 is 0 Å². The van der Waals surface area contributed by atoms with Gasteiger partial charge in [-0.2, -0.15) is 0 Å². The van der Waals surface area contributed by atoms with Gasteiger partial charge in [0.25, 0.3) is 0 Å². The zero-order chi connectivity index (χ0) is 10.4. The lowest BCUT2D eigenvalue weighted by molar-refractivity contribution is 0.414. The van der Waals surface area contributed by atoms with E-state index in [1.165, 1.54) is 4.90 Å². The fourth-order valence-corrected chi connectivity index (χ4v) is 1.23. The molecule has 0 amide bonds. The van der Waals surface area contributed by atoms with Crippen molar-refractivity contribution < 1.29 is 0 Å². The summed E-state index contributed by atoms with van der Waals surface area (Å²) in [6.07, 6.45) is 3.04. The van der Waals surface area contributed by atoms with Gasteiger partial charge in [0.1, 0.15) is 0 Å². The van der Waals surface area contributed by atoms with E-state index in [4.69, 9.17) is 22.3 Å². The van der Waals surface area contributed by atoms with Crippen molar-refractivity contribution in [2.45, 2.75) is 39.2 Å². The lowest BCUT2D eigenvalue weighted by atomic mass is 10.1. The lowest BCUT2D eigenvalue weighted by Crippen LogP contribution is -2.49. The van der Waals surface area contributed by atoms with Crippen LogP contribution in [0.15, 0.2) is 0 Å². The molecule has 0 fully saturated rings. The first-order chi connectivity index (χ1) is 6.00. The molecule has 0 saturated carbocycles. The normalized spacial score (nSPS) is 12.2. The van der Waals surface area contributed by atoms with Gasteiger partial charge in [0.05, 0.1) is 0 Å². The van der Waals surface area contributed by atoms with E-state index in [0.29, 0.717) is 0 Å². The second-order valence-electron chi connectivity index (χ2n) is 3.13. The molecule has 0 radical (unpaired) electrons. The van der Waals surface area contributed by atoms with Gasteiger partial charge in [-0.1, -0.05) is 19.8 Å². The maximum Gasteiger partial charge on any atom is 0.195 e. The van der Waals surface area contributed by atoms with E-state index in [-0.39, 0.29) is 18.0 Å². The average Bonchev–Trinajstić information content (AvgIpc) is 1.99. The zero-order valence-electron chi connectivity index (χ0n) is 8.30. The Morgan fingerprint density at radius 2 is 1.77 bits per heavy atom. The van der Waals surface area contributed by atoms with E-state index in [1.807, 2.05) is 6.92 Å². The van der Waals surface area contributed by atoms with Gasteiger partial charge < -0.3 is 11.5 Å². The van der Waals surface area contributed by atoms with Gasteiger partial charge in [-0.25, -0.2) is 0 Å². The predicted molar refractivity (Wildman–Crippen MR) is 54.7 cm³/mol. The molecule has 0 heterocycles. The van der Waals surface area contributed by atoms with Gasteiger partial charge in [0, 0.05) is 6.04 Å². The number of unbranched alkanes of at least 4 members (excludes halogenated alkanes) is 1. The van der Waals surface area contributed by atoms with Crippen molar-refractivity contribution in [1.82, 2.24) is 4.90 Å². The van der Waals surface area contributed by atoms with E-state index < -0.39 is 0 Å². The van der Waals surface area contributed by atoms with Crippen LogP contribution in [0.1, 0.15) is 33.1 Å². The number of nitrogens with two attached hydrogens (primary N) is 2. The predicted octanol–water partition coefficient (Wildman–Crippen LogP) is 0.654. The molecular weight excluding hydrogens is 166 g/mol. The van der Waals surface area contributed by atoms with Crippen molar-refractivity contribution in [3.05, 3.63) is 0 Å². The smallest absolute Gasteiger partial charge is 0.195 e. The van der Waals surface area contributed by atoms with Crippen LogP contribution in [-0.2, 0) is 0 Å². The third-order valence-electron chi connectivity index (χ3n) is 1.94. The fraction of sp³-hybridized carbons (Fsp3) is 0.750. The number of hydrogen-bond acceptors (Lipinski definition) is 2. The summed E-state index contributed by atoms with van der Waals surface area (Å²) in [5.74, 6) is -0.313. The molecule has 0 aromatic carbocycles. The Hall–Kier alpha value is -1.26. The molecule has 1 atom stereocenters. The summed E-state index contributed by atoms with van der Waals surface area (Å²) < 4.78 is 0. The molecule has 6 N–H and O–H groups in total. The minimum atomic E-state index is -0.156. The van der Waals surface area contributed by atoms with Crippen molar-refractivity contribution >= 4 is 11.9 Å². The second kappa shape index (κ2) is 5.40. The largest absolute Gasteiger partial charge is 0.370 e. The maximum atomic E-state index is 7.23. The zero-order valence-corrected chi connectivity index (χ0v) is 8.30. The number of hydrogen-bond donors (Lipinski definition) is 4. The first-order valence-corrected chi connectivity index (χ1v) is 4.48. The lowest BCUT2D eigenvalue weighted by Gasteiger charge is -2.27. The maximum absolute atomic E-state index is 7.23. The molecule has 1 unspecified atom stereocenters. The topological polar surface area (TPSA) is 103 Å². The summed E-state index contributed by atoms with van der Waals surface area (Å²) in [5.41, 5.74) is 10.6. The quantitative estimate of drug-likeness (QED) is 0.382. The van der Waals surface area contributed by atoms with E-state index in [9.17, 15) is 0 Å². The van der Waals surface area contributed by atoms with E-state index in [0.717, 1.165) is 19.3 Å². The number of rotatable bonds is 4. The molecule has 0 rings (SSSR count). The van der Waals surface area contributed by atoms with Gasteiger partial charge in [-0.05, 0) is 13.3 Å². The van der Waals surface area contributed by atoms with Gasteiger partial charge >= 0.3 is 0 Å². The van der Waals surface area contributed by atoms with E-state index in [2.05, 4.69) is 6.92 Å². The van der Waals surface area contributed by atoms with Crippen LogP contribution in [0.4, 0.5) is 0 Å². The van der Waals surface area contributed by atoms with Crippen LogP contribution in [-0.4, -0.2) is 22.9 Å². The highest BCUT2D eigenvalue weighted by Gasteiger charge is 2.16. The summed E-state index contributed by atoms with van der Waals surface area (Å²) in [5, 5.41) is 14.5. The van der Waals surface area contributed by atoms with E-state index >= 15 is 0 Å². The van der Waals surface area contributed by atoms with Crippen molar-refractivity contribution in [3.63, 3.8) is 0 Å². The SMILES string of the molecule is CCCCC(C)N(C(=N)N)C(=N)N. The molecule has 0 spiro atoms. The van der Waals surface area contributed by atoms with Gasteiger partial charge in [0.2, 0.25) is 0 Å². The molecule has 0 aliphatic heterocycles. The Labute approximate surface area is 79.1 Å². The molecule has 0 aromatic rings. The first kappa shape index (κ1) is 11.7. The highest BCUT2D eigenvalue weighted by molar-refractivity contribution is 5.94. The molecule has 76 valence electrons. The minimum Gasteiger partial charge on any atom is -0.370 e. The summed E-state index contributed by atoms with van der Waals surface area (Å²) in [6.45, 7) is 4.01. The molecule has 0 aliphatic rings. The molecule has 0 saturated heterocycles. The van der Waals surface area contributed by atoms with Crippen molar-refractivity contribution in [3.8, 4) is 0 Å². The molecule has 0 bridgehead atoms. The standard InChI is InChI=1S/C8H19N5/c1-3-4-5-6(2)13(7(9)10)8(11)12/h6H,3-5H2,1-2H3,(H3,9,10)(H3,11,12). The fourth-order valence-electron chi connectivity index (χ4n) is 1.23. The average molecular weight is 185 g/mol. The van der Waals surface area contributed by atoms with Gasteiger partial charge in [-0.15, -0.1) is 0 Å². The third kappa shape index (κ3) is 3.78.